The van der Waals surface area contributed by atoms with Crippen molar-refractivity contribution in [3.05, 3.63) is 0 Å². The average Bonchev–Trinajstić information content (AvgIpc) is 1.01. The summed E-state index contributed by atoms with van der Waals surface area (Å²) in [5, 5.41) is 10.6. The van der Waals surface area contributed by atoms with Crippen molar-refractivity contribution >= 4 is 39.5 Å². The number of carbonyl (C=O) groups is 4. The van der Waals surface area contributed by atoms with Crippen molar-refractivity contribution < 1.29 is 80.2 Å². The van der Waals surface area contributed by atoms with Crippen molar-refractivity contribution in [3.63, 3.8) is 0 Å². The largest absolute Gasteiger partial charge is 0.472 e. The van der Waals surface area contributed by atoms with Gasteiger partial charge in [-0.25, -0.2) is 9.13 Å². The Morgan fingerprint density at radius 3 is 0.626 bits per heavy atom. The first kappa shape index (κ1) is 97.1. The number of hydrogen-bond acceptors (Lipinski definition) is 15. The number of ether oxygens (including phenoxy) is 4. The monoisotopic (exact) mass is 1450 g/mol. The highest BCUT2D eigenvalue weighted by molar-refractivity contribution is 7.47. The minimum absolute atomic E-state index is 0.107. The van der Waals surface area contributed by atoms with Crippen LogP contribution in [0.15, 0.2) is 0 Å². The van der Waals surface area contributed by atoms with E-state index in [9.17, 15) is 43.2 Å². The molecule has 0 fully saturated rings. The van der Waals surface area contributed by atoms with Crippen LogP contribution in [-0.4, -0.2) is 96.7 Å². The Bertz CT molecular complexity index is 1940. The number of aliphatic hydroxyl groups is 1. The van der Waals surface area contributed by atoms with E-state index in [1.807, 2.05) is 0 Å². The van der Waals surface area contributed by atoms with Gasteiger partial charge in [0.2, 0.25) is 0 Å². The van der Waals surface area contributed by atoms with E-state index < -0.39 is 97.5 Å². The van der Waals surface area contributed by atoms with Gasteiger partial charge in [-0.2, -0.15) is 0 Å². The van der Waals surface area contributed by atoms with Crippen LogP contribution in [0.4, 0.5) is 0 Å². The number of hydrogen-bond donors (Lipinski definition) is 3. The highest BCUT2D eigenvalue weighted by Gasteiger charge is 2.30. The van der Waals surface area contributed by atoms with Crippen LogP contribution in [0.25, 0.3) is 0 Å². The van der Waals surface area contributed by atoms with Gasteiger partial charge >= 0.3 is 39.5 Å². The molecule has 0 spiro atoms. The molecule has 0 aliphatic carbocycles. The van der Waals surface area contributed by atoms with Gasteiger partial charge in [-0.05, 0) is 49.4 Å². The van der Waals surface area contributed by atoms with Gasteiger partial charge in [-0.3, -0.25) is 37.3 Å². The first-order valence-corrected chi connectivity index (χ1v) is 44.2. The number of carbonyl (C=O) groups excluding carboxylic acids is 4. The number of esters is 4. The van der Waals surface area contributed by atoms with Gasteiger partial charge in [0.25, 0.3) is 0 Å². The van der Waals surface area contributed by atoms with Gasteiger partial charge in [0.1, 0.15) is 19.3 Å². The van der Waals surface area contributed by atoms with Gasteiger partial charge in [0.05, 0.1) is 26.4 Å². The fourth-order valence-corrected chi connectivity index (χ4v) is 13.8. The zero-order valence-electron chi connectivity index (χ0n) is 65.1. The van der Waals surface area contributed by atoms with Crippen molar-refractivity contribution in [2.24, 2.45) is 23.7 Å². The summed E-state index contributed by atoms with van der Waals surface area (Å²) in [4.78, 5) is 72.9. The third-order valence-electron chi connectivity index (χ3n) is 18.6. The summed E-state index contributed by atoms with van der Waals surface area (Å²) >= 11 is 0. The zero-order chi connectivity index (χ0) is 73.1. The third kappa shape index (κ3) is 74.1. The Hall–Kier alpha value is -1.94. The van der Waals surface area contributed by atoms with Gasteiger partial charge in [-0.15, -0.1) is 0 Å². The lowest BCUT2D eigenvalue weighted by Crippen LogP contribution is -2.30. The first-order valence-electron chi connectivity index (χ1n) is 41.2. The molecule has 0 bridgehead atoms. The molecule has 3 N–H and O–H groups in total. The molecule has 0 aromatic carbocycles. The predicted octanol–water partition coefficient (Wildman–Crippen LogP) is 23.6. The molecule has 17 nitrogen and oxygen atoms in total. The van der Waals surface area contributed by atoms with Crippen LogP contribution in [0.5, 0.6) is 0 Å². The van der Waals surface area contributed by atoms with Crippen molar-refractivity contribution in [3.8, 4) is 0 Å². The van der Waals surface area contributed by atoms with Crippen LogP contribution in [0.1, 0.15) is 409 Å². The van der Waals surface area contributed by atoms with Crippen LogP contribution in [0.3, 0.4) is 0 Å². The maximum Gasteiger partial charge on any atom is 0.472 e. The molecule has 0 aliphatic rings. The second-order valence-corrected chi connectivity index (χ2v) is 33.6. The number of phosphoric ester groups is 2. The van der Waals surface area contributed by atoms with Gasteiger partial charge in [0.15, 0.2) is 12.2 Å². The lowest BCUT2D eigenvalue weighted by atomic mass is 10.0. The molecule has 0 rings (SSSR count). The Morgan fingerprint density at radius 2 is 0.424 bits per heavy atom. The van der Waals surface area contributed by atoms with Crippen LogP contribution >= 0.6 is 15.6 Å². The Kier molecular flexibility index (Phi) is 67.8. The quantitative estimate of drug-likeness (QED) is 0.0222. The molecule has 0 saturated heterocycles. The lowest BCUT2D eigenvalue weighted by Gasteiger charge is -2.21. The van der Waals surface area contributed by atoms with Crippen molar-refractivity contribution in [2.75, 3.05) is 39.6 Å². The van der Waals surface area contributed by atoms with Gasteiger partial charge < -0.3 is 33.8 Å². The summed E-state index contributed by atoms with van der Waals surface area (Å²) in [6.07, 6.45) is 55.7. The number of phosphoric acid groups is 2. The molecule has 0 aromatic heterocycles. The van der Waals surface area contributed by atoms with Crippen LogP contribution < -0.4 is 0 Å². The molecule has 0 aliphatic heterocycles. The van der Waals surface area contributed by atoms with E-state index in [0.717, 1.165) is 114 Å². The number of unbranched alkanes of at least 4 members (excludes halogenated alkanes) is 43. The fourth-order valence-electron chi connectivity index (χ4n) is 12.3. The molecule has 588 valence electrons. The van der Waals surface area contributed by atoms with Crippen LogP contribution in [-0.2, 0) is 65.4 Å². The summed E-state index contributed by atoms with van der Waals surface area (Å²) in [7, 11) is -9.92. The second-order valence-electron chi connectivity index (χ2n) is 30.7. The highest BCUT2D eigenvalue weighted by Crippen LogP contribution is 2.45. The SMILES string of the molecule is CC(C)CCCCCCCCCCCCCCCCCCCCC(=O)O[C@H](COC(=O)CCCCCCCCC(C)C)COP(=O)(O)OCC(O)COP(=O)(O)OC[C@@H](COC(=O)CCCCCCCCCCCCC(C)C)OC(=O)CCCCCCCCCCCCCCCC(C)C. The molecular formula is C80H156O17P2. The van der Waals surface area contributed by atoms with E-state index in [0.29, 0.717) is 31.6 Å². The van der Waals surface area contributed by atoms with Crippen molar-refractivity contribution in [2.45, 2.75) is 427 Å². The van der Waals surface area contributed by atoms with E-state index >= 15 is 0 Å². The van der Waals surface area contributed by atoms with E-state index in [1.165, 1.54) is 205 Å². The van der Waals surface area contributed by atoms with Crippen LogP contribution in [0, 0.1) is 23.7 Å². The summed E-state index contributed by atoms with van der Waals surface area (Å²) in [5.41, 5.74) is 0. The van der Waals surface area contributed by atoms with Crippen molar-refractivity contribution in [1.29, 1.82) is 0 Å². The van der Waals surface area contributed by atoms with E-state index in [4.69, 9.17) is 37.0 Å². The zero-order valence-corrected chi connectivity index (χ0v) is 66.9. The summed E-state index contributed by atoms with van der Waals surface area (Å²) < 4.78 is 68.6. The predicted molar refractivity (Wildman–Crippen MR) is 404 cm³/mol. The Morgan fingerprint density at radius 1 is 0.253 bits per heavy atom. The Labute approximate surface area is 607 Å². The number of aliphatic hydroxyl groups excluding tert-OH is 1. The molecule has 0 aromatic rings. The second kappa shape index (κ2) is 69.1. The topological polar surface area (TPSA) is 237 Å². The first-order chi connectivity index (χ1) is 47.6. The lowest BCUT2D eigenvalue weighted by molar-refractivity contribution is -0.161. The minimum Gasteiger partial charge on any atom is -0.462 e. The van der Waals surface area contributed by atoms with Gasteiger partial charge in [0, 0.05) is 25.7 Å². The molecular weight excluding hydrogens is 1290 g/mol. The van der Waals surface area contributed by atoms with Crippen molar-refractivity contribution in [1.82, 2.24) is 0 Å². The summed E-state index contributed by atoms with van der Waals surface area (Å²) in [5.74, 6) is 0.927. The molecule has 0 heterocycles. The maximum atomic E-state index is 13.1. The molecule has 19 heteroatoms. The maximum absolute atomic E-state index is 13.1. The fraction of sp³-hybridized carbons (Fsp3) is 0.950. The normalized spacial score (nSPS) is 14.1. The molecule has 99 heavy (non-hydrogen) atoms. The molecule has 0 saturated carbocycles. The van der Waals surface area contributed by atoms with E-state index in [1.54, 1.807) is 0 Å². The molecule has 3 unspecified atom stereocenters. The van der Waals surface area contributed by atoms with Crippen LogP contribution in [0.2, 0.25) is 0 Å². The summed E-state index contributed by atoms with van der Waals surface area (Å²) in [6.45, 7) is 14.2. The third-order valence-corrected chi connectivity index (χ3v) is 20.5. The Balaban J connectivity index is 5.19. The minimum atomic E-state index is -4.96. The average molecular weight is 1450 g/mol. The smallest absolute Gasteiger partial charge is 0.462 e. The number of rotatable bonds is 77. The molecule has 0 radical (unpaired) electrons. The van der Waals surface area contributed by atoms with E-state index in [-0.39, 0.29) is 25.7 Å². The summed E-state index contributed by atoms with van der Waals surface area (Å²) in [6, 6.07) is 0. The molecule has 5 atom stereocenters. The standard InChI is InChI=1S/C80H156O17P2/c1-70(2)56-48-40-32-26-20-16-13-11-9-10-12-14-18-22-30-36-46-54-62-80(85)97-76(67-91-78(83)61-53-45-39-38-43-51-59-73(7)8)69-95-99(88,89)93-65-74(81)64-92-98(86,87)94-68-75(66-90-77(82)60-52-44-35-29-25-24-28-34-42-50-58-72(5)6)96-79(84)63-55-47-37-31-23-19-15-17-21-27-33-41-49-57-71(3)4/h70-76,81H,9-69H2,1-8H3,(H,86,87)(H,88,89)/t74?,75-,76-/m1/s1. The van der Waals surface area contributed by atoms with E-state index in [2.05, 4.69) is 55.4 Å². The molecule has 0 amide bonds. The van der Waals surface area contributed by atoms with Gasteiger partial charge in [-0.1, -0.05) is 357 Å². The highest BCUT2D eigenvalue weighted by atomic mass is 31.2.